The van der Waals surface area contributed by atoms with Crippen LogP contribution in [0.2, 0.25) is 5.15 Å². The summed E-state index contributed by atoms with van der Waals surface area (Å²) in [5, 5.41) is -0.0716. The number of hydrogen-bond donors (Lipinski definition) is 0. The van der Waals surface area contributed by atoms with Crippen molar-refractivity contribution >= 4 is 45.2 Å². The maximum atomic E-state index is 14.9. The van der Waals surface area contributed by atoms with Gasteiger partial charge in [0.2, 0.25) is 11.0 Å². The van der Waals surface area contributed by atoms with E-state index in [-0.39, 0.29) is 52.5 Å². The molecule has 0 N–H and O–H groups in total. The topological polar surface area (TPSA) is 97.7 Å². The molecule has 5 heterocycles. The molecule has 2 bridgehead atoms. The molecule has 4 atom stereocenters. The van der Waals surface area contributed by atoms with Crippen LogP contribution in [0.3, 0.4) is 0 Å². The Bertz CT molecular complexity index is 1160. The number of nitrogens with zero attached hydrogens (tertiary/aromatic N) is 5. The van der Waals surface area contributed by atoms with Crippen molar-refractivity contribution in [1.29, 1.82) is 0 Å². The lowest BCUT2D eigenvalue weighted by molar-refractivity contribution is 0.00539. The maximum absolute atomic E-state index is 14.9. The van der Waals surface area contributed by atoms with Gasteiger partial charge in [-0.15, -0.1) is 0 Å². The normalized spacial score (nSPS) is 25.2. The molecule has 0 spiro atoms. The van der Waals surface area contributed by atoms with Crippen LogP contribution in [-0.4, -0.2) is 73.3 Å². The predicted octanol–water partition coefficient (Wildman–Crippen LogP) is 2.90. The summed E-state index contributed by atoms with van der Waals surface area (Å²) in [6, 6.07) is -0.550. The zero-order valence-electron chi connectivity index (χ0n) is 18.1. The van der Waals surface area contributed by atoms with Gasteiger partial charge in [0.15, 0.2) is 11.0 Å². The van der Waals surface area contributed by atoms with Gasteiger partial charge < -0.3 is 14.4 Å². The fourth-order valence-corrected chi connectivity index (χ4v) is 5.37. The van der Waals surface area contributed by atoms with E-state index in [1.54, 1.807) is 4.90 Å². The zero-order chi connectivity index (χ0) is 22.9. The van der Waals surface area contributed by atoms with Gasteiger partial charge in [-0.25, -0.2) is 19.2 Å². The van der Waals surface area contributed by atoms with Crippen LogP contribution in [0.25, 0.3) is 10.9 Å². The lowest BCUT2D eigenvalue weighted by Gasteiger charge is -2.46. The maximum Gasteiger partial charge on any atom is 0.410 e. The summed E-state index contributed by atoms with van der Waals surface area (Å²) in [5.74, 6) is -0.274. The minimum atomic E-state index is -1.54. The molecule has 1 amide bonds. The third-order valence-electron chi connectivity index (χ3n) is 5.99. The molecule has 2 saturated heterocycles. The number of hydrogen-bond acceptors (Lipinski definition) is 8. The van der Waals surface area contributed by atoms with Crippen LogP contribution in [0, 0.1) is 5.82 Å². The molecule has 172 valence electrons. The Morgan fingerprint density at radius 1 is 1.25 bits per heavy atom. The molecule has 0 aliphatic carbocycles. The van der Waals surface area contributed by atoms with Gasteiger partial charge in [-0.05, 0) is 33.6 Å². The molecule has 0 aromatic carbocycles. The van der Waals surface area contributed by atoms with Crippen molar-refractivity contribution in [2.75, 3.05) is 24.3 Å². The molecular weight excluding hydrogens is 461 g/mol. The average Bonchev–Trinajstić information content (AvgIpc) is 2.94. The highest BCUT2D eigenvalue weighted by Gasteiger charge is 2.51. The van der Waals surface area contributed by atoms with Crippen molar-refractivity contribution in [2.24, 2.45) is 0 Å². The summed E-state index contributed by atoms with van der Waals surface area (Å²) >= 11 is 5.99. The number of halogens is 2. The summed E-state index contributed by atoms with van der Waals surface area (Å²) in [6.07, 6.45) is 2.65. The van der Waals surface area contributed by atoms with Gasteiger partial charge in [0.05, 0.1) is 28.9 Å². The van der Waals surface area contributed by atoms with Crippen LogP contribution in [0.1, 0.15) is 33.6 Å². The van der Waals surface area contributed by atoms with Crippen molar-refractivity contribution in [2.45, 2.75) is 62.5 Å². The number of carbonyl (C=O) groups excluding carboxylic acids is 1. The standard InChI is InChI=1S/C20H23ClFN5O4S/c1-20(2,3)31-19(28)27-9-5-6-10(27)11-8-30-17-12-14(13(22)15(21)24-17)23-18(32(4)29)25-16(12)26(11)7-9/h9-11H,5-8H2,1-4H3/t9-,10+,11-,32?/m1/s1. The van der Waals surface area contributed by atoms with Gasteiger partial charge in [0.25, 0.3) is 0 Å². The molecule has 0 radical (unpaired) electrons. The predicted molar refractivity (Wildman–Crippen MR) is 116 cm³/mol. The summed E-state index contributed by atoms with van der Waals surface area (Å²) in [6.45, 7) is 6.16. The minimum Gasteiger partial charge on any atom is -0.475 e. The van der Waals surface area contributed by atoms with Crippen molar-refractivity contribution in [3.63, 3.8) is 0 Å². The third-order valence-corrected chi connectivity index (χ3v) is 6.94. The van der Waals surface area contributed by atoms with Gasteiger partial charge in [0, 0.05) is 12.8 Å². The molecule has 0 saturated carbocycles. The Morgan fingerprint density at radius 3 is 2.69 bits per heavy atom. The van der Waals surface area contributed by atoms with Crippen LogP contribution in [0.5, 0.6) is 5.88 Å². The number of amides is 1. The van der Waals surface area contributed by atoms with Crippen molar-refractivity contribution in [3.05, 3.63) is 11.0 Å². The Kier molecular flexibility index (Phi) is 4.97. The second kappa shape index (κ2) is 7.38. The summed E-state index contributed by atoms with van der Waals surface area (Å²) in [4.78, 5) is 29.5. The van der Waals surface area contributed by atoms with Gasteiger partial charge >= 0.3 is 6.09 Å². The number of rotatable bonds is 1. The highest BCUT2D eigenvalue weighted by atomic mass is 35.5. The highest BCUT2D eigenvalue weighted by molar-refractivity contribution is 7.84. The summed E-state index contributed by atoms with van der Waals surface area (Å²) in [5.41, 5.74) is -0.682. The molecule has 5 rings (SSSR count). The number of piperazine rings is 1. The fraction of sp³-hybridized carbons (Fsp3) is 0.600. The molecule has 32 heavy (non-hydrogen) atoms. The molecule has 9 nitrogen and oxygen atoms in total. The molecule has 12 heteroatoms. The molecule has 1 unspecified atom stereocenters. The summed E-state index contributed by atoms with van der Waals surface area (Å²) < 4.78 is 38.7. The fourth-order valence-electron chi connectivity index (χ4n) is 4.76. The lowest BCUT2D eigenvalue weighted by atomic mass is 10.0. The van der Waals surface area contributed by atoms with E-state index in [0.29, 0.717) is 17.7 Å². The van der Waals surface area contributed by atoms with Gasteiger partial charge in [-0.1, -0.05) is 11.6 Å². The van der Waals surface area contributed by atoms with E-state index in [1.807, 2.05) is 25.7 Å². The second-order valence-corrected chi connectivity index (χ2v) is 10.9. The van der Waals surface area contributed by atoms with E-state index in [1.165, 1.54) is 6.26 Å². The van der Waals surface area contributed by atoms with Gasteiger partial charge in [0.1, 0.15) is 28.9 Å². The van der Waals surface area contributed by atoms with Crippen molar-refractivity contribution in [1.82, 2.24) is 19.9 Å². The Morgan fingerprint density at radius 2 is 2.00 bits per heavy atom. The van der Waals surface area contributed by atoms with Crippen LogP contribution >= 0.6 is 11.6 Å². The average molecular weight is 484 g/mol. The first-order valence-electron chi connectivity index (χ1n) is 10.4. The second-order valence-electron chi connectivity index (χ2n) is 9.25. The Balaban J connectivity index is 1.63. The van der Waals surface area contributed by atoms with Crippen LogP contribution in [-0.2, 0) is 15.5 Å². The minimum absolute atomic E-state index is 0.00202. The molecular formula is C20H23ClFN5O4S. The van der Waals surface area contributed by atoms with E-state index in [0.717, 1.165) is 12.8 Å². The molecule has 3 aliphatic rings. The number of fused-ring (bicyclic) bond motifs is 5. The van der Waals surface area contributed by atoms with Crippen LogP contribution in [0.4, 0.5) is 15.0 Å². The van der Waals surface area contributed by atoms with Gasteiger partial charge in [-0.3, -0.25) is 9.11 Å². The Hall–Kier alpha value is -2.27. The van der Waals surface area contributed by atoms with Crippen LogP contribution in [0.15, 0.2) is 5.16 Å². The lowest BCUT2D eigenvalue weighted by Crippen LogP contribution is -2.63. The SMILES string of the molecule is CS(=O)c1nc2c3c(nc(Cl)c(F)c3n1)OC[C@@H]1[C@@H]3CC[C@H](CN21)N3C(=O)OC(C)(C)C. The van der Waals surface area contributed by atoms with E-state index in [9.17, 15) is 13.4 Å². The largest absolute Gasteiger partial charge is 0.475 e. The van der Waals surface area contributed by atoms with Gasteiger partial charge in [-0.2, -0.15) is 4.98 Å². The monoisotopic (exact) mass is 483 g/mol. The molecule has 2 aromatic heterocycles. The first-order valence-corrected chi connectivity index (χ1v) is 12.3. The summed E-state index contributed by atoms with van der Waals surface area (Å²) in [7, 11) is -1.54. The third kappa shape index (κ3) is 3.37. The number of carbonyl (C=O) groups is 1. The van der Waals surface area contributed by atoms with E-state index < -0.39 is 22.2 Å². The first kappa shape index (κ1) is 21.6. The van der Waals surface area contributed by atoms with E-state index in [4.69, 9.17) is 21.1 Å². The quantitative estimate of drug-likeness (QED) is 0.451. The first-order chi connectivity index (χ1) is 15.0. The number of ether oxygens (including phenoxy) is 2. The number of pyridine rings is 1. The zero-order valence-corrected chi connectivity index (χ0v) is 19.7. The van der Waals surface area contributed by atoms with Crippen molar-refractivity contribution in [3.8, 4) is 5.88 Å². The number of anilines is 1. The molecule has 2 fully saturated rings. The highest BCUT2D eigenvalue weighted by Crippen LogP contribution is 2.44. The van der Waals surface area contributed by atoms with E-state index in [2.05, 4.69) is 15.0 Å². The molecule has 3 aliphatic heterocycles. The van der Waals surface area contributed by atoms with E-state index >= 15 is 0 Å². The molecule has 2 aromatic rings. The Labute approximate surface area is 191 Å². The van der Waals surface area contributed by atoms with Crippen molar-refractivity contribution < 1.29 is 22.9 Å². The smallest absolute Gasteiger partial charge is 0.410 e. The van der Waals surface area contributed by atoms with Crippen LogP contribution < -0.4 is 9.64 Å². The number of aromatic nitrogens is 3.